The van der Waals surface area contributed by atoms with E-state index in [-0.39, 0.29) is 17.1 Å². The molecule has 0 aromatic heterocycles. The van der Waals surface area contributed by atoms with Gasteiger partial charge in [0.25, 0.3) is 0 Å². The summed E-state index contributed by atoms with van der Waals surface area (Å²) in [5, 5.41) is 2.72. The van der Waals surface area contributed by atoms with Gasteiger partial charge in [0.15, 0.2) is 0 Å². The number of carbonyl (C=O) groups is 2. The lowest BCUT2D eigenvalue weighted by Crippen LogP contribution is -2.30. The Morgan fingerprint density at radius 2 is 1.88 bits per heavy atom. The molecule has 0 aliphatic rings. The Bertz CT molecular complexity index is 763. The molecule has 0 saturated carbocycles. The number of thioether (sulfide) groups is 1. The van der Waals surface area contributed by atoms with Crippen LogP contribution >= 0.6 is 11.8 Å². The Morgan fingerprint density at radius 3 is 2.62 bits per heavy atom. The van der Waals surface area contributed by atoms with Crippen LogP contribution in [-0.2, 0) is 21.8 Å². The van der Waals surface area contributed by atoms with Crippen LogP contribution in [-0.4, -0.2) is 31.3 Å². The highest BCUT2D eigenvalue weighted by Gasteiger charge is 2.14. The number of esters is 1. The van der Waals surface area contributed by atoms with Crippen molar-refractivity contribution in [3.63, 3.8) is 0 Å². The number of para-hydroxylation sites is 1. The average Bonchev–Trinajstić information content (AvgIpc) is 2.69. The lowest BCUT2D eigenvalue weighted by Gasteiger charge is -2.14. The summed E-state index contributed by atoms with van der Waals surface area (Å²) >= 11 is 1.52. The van der Waals surface area contributed by atoms with Crippen molar-refractivity contribution in [2.75, 3.05) is 14.2 Å². The first-order valence-electron chi connectivity index (χ1n) is 8.23. The second-order valence-corrected chi connectivity index (χ2v) is 7.00. The van der Waals surface area contributed by atoms with E-state index in [9.17, 15) is 9.59 Å². The zero-order chi connectivity index (χ0) is 18.9. The summed E-state index contributed by atoms with van der Waals surface area (Å²) in [4.78, 5) is 23.9. The summed E-state index contributed by atoms with van der Waals surface area (Å²) in [5.41, 5.74) is 2.42. The summed E-state index contributed by atoms with van der Waals surface area (Å²) < 4.78 is 10.0. The first kappa shape index (κ1) is 19.8. The van der Waals surface area contributed by atoms with Gasteiger partial charge in [0.05, 0.1) is 25.0 Å². The zero-order valence-electron chi connectivity index (χ0n) is 15.2. The molecule has 0 aliphatic heterocycles. The Kier molecular flexibility index (Phi) is 7.53. The van der Waals surface area contributed by atoms with Crippen molar-refractivity contribution in [3.05, 3.63) is 65.2 Å². The van der Waals surface area contributed by atoms with Gasteiger partial charge in [-0.05, 0) is 30.7 Å². The van der Waals surface area contributed by atoms with Crippen molar-refractivity contribution in [1.82, 2.24) is 5.32 Å². The molecule has 0 unspecified atom stereocenters. The van der Waals surface area contributed by atoms with Crippen molar-refractivity contribution in [3.8, 4) is 5.75 Å². The molecule has 0 bridgehead atoms. The third kappa shape index (κ3) is 5.52. The highest BCUT2D eigenvalue weighted by molar-refractivity contribution is 7.99. The Labute approximate surface area is 158 Å². The fourth-order valence-corrected chi connectivity index (χ4v) is 3.23. The smallest absolute Gasteiger partial charge is 0.337 e. The second-order valence-electron chi connectivity index (χ2n) is 5.67. The molecule has 6 heteroatoms. The van der Waals surface area contributed by atoms with Crippen LogP contribution in [0.2, 0.25) is 0 Å². The standard InChI is InChI=1S/C20H23NO4S/c1-14(19(22)21-12-17-8-4-5-10-18(17)24-2)26-13-15-7-6-9-16(11-15)20(23)25-3/h4-11,14H,12-13H2,1-3H3,(H,21,22)/t14-/m1/s1. The molecule has 2 rings (SSSR count). The molecule has 0 aliphatic carbocycles. The van der Waals surface area contributed by atoms with E-state index in [0.29, 0.717) is 17.9 Å². The third-order valence-corrected chi connectivity index (χ3v) is 5.08. The van der Waals surface area contributed by atoms with Crippen LogP contribution in [0, 0.1) is 0 Å². The van der Waals surface area contributed by atoms with Gasteiger partial charge >= 0.3 is 5.97 Å². The number of nitrogens with one attached hydrogen (secondary N) is 1. The largest absolute Gasteiger partial charge is 0.496 e. The van der Waals surface area contributed by atoms with E-state index < -0.39 is 0 Å². The van der Waals surface area contributed by atoms with E-state index in [1.54, 1.807) is 19.2 Å². The Balaban J connectivity index is 1.86. The molecule has 1 N–H and O–H groups in total. The van der Waals surface area contributed by atoms with Gasteiger partial charge in [-0.25, -0.2) is 4.79 Å². The molecule has 0 saturated heterocycles. The van der Waals surface area contributed by atoms with Gasteiger partial charge in [0.1, 0.15) is 5.75 Å². The number of hydrogen-bond donors (Lipinski definition) is 1. The van der Waals surface area contributed by atoms with Crippen LogP contribution in [0.1, 0.15) is 28.4 Å². The monoisotopic (exact) mass is 373 g/mol. The van der Waals surface area contributed by atoms with Gasteiger partial charge in [0, 0.05) is 17.9 Å². The average molecular weight is 373 g/mol. The van der Waals surface area contributed by atoms with Gasteiger partial charge < -0.3 is 14.8 Å². The molecule has 138 valence electrons. The van der Waals surface area contributed by atoms with Crippen LogP contribution in [0.4, 0.5) is 0 Å². The highest BCUT2D eigenvalue weighted by atomic mass is 32.2. The molecule has 2 aromatic carbocycles. The minimum atomic E-state index is -0.362. The van der Waals surface area contributed by atoms with Crippen molar-refractivity contribution in [2.24, 2.45) is 0 Å². The fourth-order valence-electron chi connectivity index (χ4n) is 2.38. The van der Waals surface area contributed by atoms with E-state index in [1.165, 1.54) is 18.9 Å². The quantitative estimate of drug-likeness (QED) is 0.718. The SMILES string of the molecule is COC(=O)c1cccc(CS[C@H](C)C(=O)NCc2ccccc2OC)c1. The van der Waals surface area contributed by atoms with Gasteiger partial charge in [-0.15, -0.1) is 11.8 Å². The second kappa shape index (κ2) is 9.87. The summed E-state index contributed by atoms with van der Waals surface area (Å²) in [6.07, 6.45) is 0. The van der Waals surface area contributed by atoms with Gasteiger partial charge in [-0.3, -0.25) is 4.79 Å². The van der Waals surface area contributed by atoms with Gasteiger partial charge in [-0.2, -0.15) is 0 Å². The lowest BCUT2D eigenvalue weighted by molar-refractivity contribution is -0.120. The minimum Gasteiger partial charge on any atom is -0.496 e. The van der Waals surface area contributed by atoms with Crippen molar-refractivity contribution in [2.45, 2.75) is 24.5 Å². The van der Waals surface area contributed by atoms with Crippen LogP contribution < -0.4 is 10.1 Å². The number of carbonyl (C=O) groups excluding carboxylic acids is 2. The summed E-state index contributed by atoms with van der Waals surface area (Å²) in [7, 11) is 2.97. The Morgan fingerprint density at radius 1 is 1.12 bits per heavy atom. The van der Waals surface area contributed by atoms with Crippen LogP contribution in [0.15, 0.2) is 48.5 Å². The summed E-state index contributed by atoms with van der Waals surface area (Å²) in [6.45, 7) is 2.29. The molecule has 0 fully saturated rings. The summed E-state index contributed by atoms with van der Waals surface area (Å²) in [6, 6.07) is 14.8. The number of benzene rings is 2. The van der Waals surface area contributed by atoms with Crippen molar-refractivity contribution in [1.29, 1.82) is 0 Å². The molecular weight excluding hydrogens is 350 g/mol. The van der Waals surface area contributed by atoms with Crippen LogP contribution in [0.3, 0.4) is 0 Å². The fraction of sp³-hybridized carbons (Fsp3) is 0.300. The number of methoxy groups -OCH3 is 2. The number of ether oxygens (including phenoxy) is 2. The first-order chi connectivity index (χ1) is 12.5. The first-order valence-corrected chi connectivity index (χ1v) is 9.28. The van der Waals surface area contributed by atoms with E-state index in [2.05, 4.69) is 5.32 Å². The number of amides is 1. The number of rotatable bonds is 8. The van der Waals surface area contributed by atoms with Crippen molar-refractivity contribution < 1.29 is 19.1 Å². The molecule has 0 radical (unpaired) electrons. The van der Waals surface area contributed by atoms with E-state index in [4.69, 9.17) is 9.47 Å². The zero-order valence-corrected chi connectivity index (χ0v) is 16.0. The van der Waals surface area contributed by atoms with Gasteiger partial charge in [0.2, 0.25) is 5.91 Å². The molecule has 1 amide bonds. The Hall–Kier alpha value is -2.47. The maximum atomic E-state index is 12.3. The lowest BCUT2D eigenvalue weighted by atomic mass is 10.1. The highest BCUT2D eigenvalue weighted by Crippen LogP contribution is 2.20. The third-order valence-electron chi connectivity index (χ3n) is 3.86. The molecule has 0 heterocycles. The molecular formula is C20H23NO4S. The van der Waals surface area contributed by atoms with Crippen LogP contribution in [0.25, 0.3) is 0 Å². The van der Waals surface area contributed by atoms with E-state index in [1.807, 2.05) is 43.3 Å². The van der Waals surface area contributed by atoms with Crippen molar-refractivity contribution >= 4 is 23.6 Å². The minimum absolute atomic E-state index is 0.0370. The molecule has 5 nitrogen and oxygen atoms in total. The van der Waals surface area contributed by atoms with E-state index >= 15 is 0 Å². The predicted molar refractivity (Wildman–Crippen MR) is 103 cm³/mol. The molecule has 0 spiro atoms. The maximum Gasteiger partial charge on any atom is 0.337 e. The van der Waals surface area contributed by atoms with E-state index in [0.717, 1.165) is 16.9 Å². The normalized spacial score (nSPS) is 11.5. The van der Waals surface area contributed by atoms with Crippen LogP contribution in [0.5, 0.6) is 5.75 Å². The predicted octanol–water partition coefficient (Wildman–Crippen LogP) is 3.42. The maximum absolute atomic E-state index is 12.3. The topological polar surface area (TPSA) is 64.6 Å². The molecule has 2 aromatic rings. The van der Waals surface area contributed by atoms with Gasteiger partial charge in [-0.1, -0.05) is 30.3 Å². The number of hydrogen-bond acceptors (Lipinski definition) is 5. The molecule has 26 heavy (non-hydrogen) atoms. The summed E-state index contributed by atoms with van der Waals surface area (Å²) in [5.74, 6) is 0.992. The molecule has 1 atom stereocenters.